The zero-order chi connectivity index (χ0) is 21.8. The first-order valence-corrected chi connectivity index (χ1v) is 10.8. The molecule has 31 heavy (non-hydrogen) atoms. The Morgan fingerprint density at radius 1 is 0.903 bits per heavy atom. The smallest absolute Gasteiger partial charge is 0.288 e. The van der Waals surface area contributed by atoms with Crippen molar-refractivity contribution >= 4 is 44.6 Å². The minimum Gasteiger partial charge on any atom is -0.339 e. The fourth-order valence-corrected chi connectivity index (χ4v) is 3.86. The van der Waals surface area contributed by atoms with Crippen molar-refractivity contribution < 1.29 is 14.4 Å². The quantitative estimate of drug-likeness (QED) is 0.562. The molecule has 0 unspecified atom stereocenters. The third-order valence-electron chi connectivity index (χ3n) is 5.37. The van der Waals surface area contributed by atoms with Crippen molar-refractivity contribution in [2.75, 3.05) is 13.1 Å². The van der Waals surface area contributed by atoms with Crippen molar-refractivity contribution in [2.45, 2.75) is 12.8 Å². The van der Waals surface area contributed by atoms with E-state index in [2.05, 4.69) is 31.8 Å². The number of hydrogen-bond acceptors (Lipinski definition) is 4. The summed E-state index contributed by atoms with van der Waals surface area (Å²) in [5.41, 5.74) is 6.50. The highest BCUT2D eigenvalue weighted by Gasteiger charge is 2.28. The number of pyridine rings is 1. The third kappa shape index (κ3) is 4.91. The number of halogens is 1. The minimum atomic E-state index is -0.470. The van der Waals surface area contributed by atoms with Crippen LogP contribution in [-0.2, 0) is 4.79 Å². The number of carbonyl (C=O) groups excluding carboxylic acids is 3. The summed E-state index contributed by atoms with van der Waals surface area (Å²) in [5, 5.41) is 0.938. The molecule has 0 bridgehead atoms. The van der Waals surface area contributed by atoms with Crippen LogP contribution in [0, 0.1) is 5.92 Å². The molecule has 0 aliphatic carbocycles. The Morgan fingerprint density at radius 2 is 1.61 bits per heavy atom. The van der Waals surface area contributed by atoms with Gasteiger partial charge in [-0.3, -0.25) is 25.2 Å². The highest BCUT2D eigenvalue weighted by atomic mass is 79.9. The standard InChI is InChI=1S/C23H21BrN4O3/c24-18-8-5-17(6-9-18)23(31)28-13-11-16(12-14-28)21(29)26-27-22(30)20-10-7-15-3-1-2-4-19(15)25-20/h1-10,16H,11-14H2,(H,26,29)(H,27,30). The second-order valence-corrected chi connectivity index (χ2v) is 8.32. The first-order chi connectivity index (χ1) is 15.0. The minimum absolute atomic E-state index is 0.0398. The van der Waals surface area contributed by atoms with E-state index in [-0.39, 0.29) is 23.4 Å². The Labute approximate surface area is 187 Å². The molecular formula is C23H21BrN4O3. The van der Waals surface area contributed by atoms with Gasteiger partial charge < -0.3 is 4.90 Å². The van der Waals surface area contributed by atoms with E-state index in [1.165, 1.54) is 0 Å². The number of likely N-dealkylation sites (tertiary alicyclic amines) is 1. The highest BCUT2D eigenvalue weighted by molar-refractivity contribution is 9.10. The second-order valence-electron chi connectivity index (χ2n) is 7.41. The van der Waals surface area contributed by atoms with E-state index >= 15 is 0 Å². The Bertz CT molecular complexity index is 1130. The van der Waals surface area contributed by atoms with Gasteiger partial charge in [0.1, 0.15) is 5.69 Å². The molecule has 8 heteroatoms. The number of rotatable bonds is 3. The normalized spacial score (nSPS) is 14.3. The van der Waals surface area contributed by atoms with E-state index in [1.807, 2.05) is 42.5 Å². The van der Waals surface area contributed by atoms with E-state index in [1.54, 1.807) is 23.1 Å². The lowest BCUT2D eigenvalue weighted by Gasteiger charge is -2.31. The van der Waals surface area contributed by atoms with Crippen LogP contribution in [-0.4, -0.2) is 40.7 Å². The molecule has 1 fully saturated rings. The maximum Gasteiger partial charge on any atom is 0.288 e. The number of carbonyl (C=O) groups is 3. The number of hydrazine groups is 1. The van der Waals surface area contributed by atoms with Gasteiger partial charge in [-0.15, -0.1) is 0 Å². The molecule has 2 aromatic carbocycles. The lowest BCUT2D eigenvalue weighted by Crippen LogP contribution is -2.48. The predicted molar refractivity (Wildman–Crippen MR) is 120 cm³/mol. The van der Waals surface area contributed by atoms with Crippen LogP contribution in [0.4, 0.5) is 0 Å². The van der Waals surface area contributed by atoms with Crippen molar-refractivity contribution in [3.63, 3.8) is 0 Å². The van der Waals surface area contributed by atoms with Crippen molar-refractivity contribution in [3.05, 3.63) is 76.4 Å². The van der Waals surface area contributed by atoms with E-state index < -0.39 is 5.91 Å². The van der Waals surface area contributed by atoms with Crippen molar-refractivity contribution in [3.8, 4) is 0 Å². The molecule has 2 N–H and O–H groups in total. The maximum absolute atomic E-state index is 12.6. The molecule has 7 nitrogen and oxygen atoms in total. The fourth-order valence-electron chi connectivity index (χ4n) is 3.60. The van der Waals surface area contributed by atoms with E-state index in [0.29, 0.717) is 37.0 Å². The van der Waals surface area contributed by atoms with E-state index in [0.717, 1.165) is 9.86 Å². The van der Waals surface area contributed by atoms with E-state index in [9.17, 15) is 14.4 Å². The van der Waals surface area contributed by atoms with Gasteiger partial charge in [0.15, 0.2) is 0 Å². The van der Waals surface area contributed by atoms with Gasteiger partial charge >= 0.3 is 0 Å². The number of piperidine rings is 1. The number of nitrogens with zero attached hydrogens (tertiary/aromatic N) is 2. The molecule has 1 aliphatic rings. The monoisotopic (exact) mass is 480 g/mol. The molecule has 1 aromatic heterocycles. The third-order valence-corrected chi connectivity index (χ3v) is 5.90. The van der Waals surface area contributed by atoms with E-state index in [4.69, 9.17) is 0 Å². The van der Waals surface area contributed by atoms with Crippen LogP contribution in [0.2, 0.25) is 0 Å². The molecule has 3 amide bonds. The average molecular weight is 481 g/mol. The van der Waals surface area contributed by atoms with Crippen molar-refractivity contribution in [1.82, 2.24) is 20.7 Å². The maximum atomic E-state index is 12.6. The van der Waals surface area contributed by atoms with Gasteiger partial charge in [0.05, 0.1) is 5.52 Å². The van der Waals surface area contributed by atoms with Crippen LogP contribution in [0.1, 0.15) is 33.7 Å². The van der Waals surface area contributed by atoms with Crippen LogP contribution in [0.5, 0.6) is 0 Å². The number of para-hydroxylation sites is 1. The SMILES string of the molecule is O=C(NNC(=O)C1CCN(C(=O)c2ccc(Br)cc2)CC1)c1ccc2ccccc2n1. The van der Waals surface area contributed by atoms with Gasteiger partial charge in [0.25, 0.3) is 11.8 Å². The van der Waals surface area contributed by atoms with Gasteiger partial charge in [0.2, 0.25) is 5.91 Å². The van der Waals surface area contributed by atoms with Crippen molar-refractivity contribution in [1.29, 1.82) is 0 Å². The van der Waals surface area contributed by atoms with Gasteiger partial charge in [-0.05, 0) is 49.2 Å². The van der Waals surface area contributed by atoms with Crippen LogP contribution in [0.3, 0.4) is 0 Å². The molecule has 0 atom stereocenters. The lowest BCUT2D eigenvalue weighted by molar-refractivity contribution is -0.127. The molecule has 4 rings (SSSR count). The Kier molecular flexibility index (Phi) is 6.27. The number of aromatic nitrogens is 1. The Hall–Kier alpha value is -3.26. The first kappa shape index (κ1) is 21.0. The number of nitrogens with one attached hydrogen (secondary N) is 2. The topological polar surface area (TPSA) is 91.4 Å². The summed E-state index contributed by atoms with van der Waals surface area (Å²) in [7, 11) is 0. The number of benzene rings is 2. The van der Waals surface area contributed by atoms with Gasteiger partial charge in [-0.25, -0.2) is 4.98 Å². The molecule has 3 aromatic rings. The van der Waals surface area contributed by atoms with Gasteiger partial charge in [-0.1, -0.05) is 40.2 Å². The number of fused-ring (bicyclic) bond motifs is 1. The molecule has 0 spiro atoms. The summed E-state index contributed by atoms with van der Waals surface area (Å²) < 4.78 is 0.917. The Morgan fingerprint density at radius 3 is 2.35 bits per heavy atom. The lowest BCUT2D eigenvalue weighted by atomic mass is 9.95. The fraction of sp³-hybridized carbons (Fsp3) is 0.217. The zero-order valence-electron chi connectivity index (χ0n) is 16.7. The molecule has 2 heterocycles. The number of amides is 3. The molecule has 158 valence electrons. The van der Waals surface area contributed by atoms with Crippen LogP contribution < -0.4 is 10.9 Å². The second kappa shape index (κ2) is 9.26. The summed E-state index contributed by atoms with van der Waals surface area (Å²) in [5.74, 6) is -1.03. The predicted octanol–water partition coefficient (Wildman–Crippen LogP) is 3.31. The average Bonchev–Trinajstić information content (AvgIpc) is 2.82. The molecule has 1 aliphatic heterocycles. The molecule has 0 radical (unpaired) electrons. The summed E-state index contributed by atoms with van der Waals surface area (Å²) in [4.78, 5) is 43.5. The largest absolute Gasteiger partial charge is 0.339 e. The Balaban J connectivity index is 1.28. The molecule has 1 saturated heterocycles. The summed E-state index contributed by atoms with van der Waals surface area (Å²) in [6, 6.07) is 18.2. The highest BCUT2D eigenvalue weighted by Crippen LogP contribution is 2.20. The molecule has 0 saturated carbocycles. The summed E-state index contributed by atoms with van der Waals surface area (Å²) in [6.07, 6.45) is 1.08. The van der Waals surface area contributed by atoms with Gasteiger partial charge in [0, 0.05) is 34.4 Å². The van der Waals surface area contributed by atoms with Crippen molar-refractivity contribution in [2.24, 2.45) is 5.92 Å². The van der Waals surface area contributed by atoms with Crippen LogP contribution in [0.25, 0.3) is 10.9 Å². The molecular weight excluding hydrogens is 460 g/mol. The first-order valence-electron chi connectivity index (χ1n) is 10.0. The summed E-state index contributed by atoms with van der Waals surface area (Å²) >= 11 is 3.36. The number of hydrogen-bond donors (Lipinski definition) is 2. The van der Waals surface area contributed by atoms with Crippen LogP contribution >= 0.6 is 15.9 Å². The van der Waals surface area contributed by atoms with Crippen LogP contribution in [0.15, 0.2) is 65.1 Å². The summed E-state index contributed by atoms with van der Waals surface area (Å²) in [6.45, 7) is 0.986. The van der Waals surface area contributed by atoms with Gasteiger partial charge in [-0.2, -0.15) is 0 Å². The zero-order valence-corrected chi connectivity index (χ0v) is 18.3.